The Labute approximate surface area is 108 Å². The smallest absolute Gasteiger partial charge is 0.156 e. The maximum atomic E-state index is 6.04. The van der Waals surface area contributed by atoms with Crippen molar-refractivity contribution in [3.63, 3.8) is 0 Å². The lowest BCUT2D eigenvalue weighted by Gasteiger charge is -2.14. The summed E-state index contributed by atoms with van der Waals surface area (Å²) in [7, 11) is 0. The van der Waals surface area contributed by atoms with Crippen LogP contribution in [0.5, 0.6) is 5.75 Å². The second-order valence-corrected chi connectivity index (χ2v) is 5.38. The lowest BCUT2D eigenvalue weighted by molar-refractivity contribution is 0.213. The number of rotatable bonds is 2. The summed E-state index contributed by atoms with van der Waals surface area (Å²) >= 11 is 3.47. The Morgan fingerprint density at radius 3 is 2.88 bits per heavy atom. The molecule has 1 aromatic heterocycles. The second kappa shape index (κ2) is 4.22. The van der Waals surface area contributed by atoms with E-state index in [1.807, 2.05) is 12.1 Å². The Morgan fingerprint density at radius 2 is 2.12 bits per heavy atom. The minimum absolute atomic E-state index is 0.321. The Balaban J connectivity index is 2.03. The Kier molecular flexibility index (Phi) is 2.70. The number of fused-ring (bicyclic) bond motifs is 1. The van der Waals surface area contributed by atoms with Crippen molar-refractivity contribution in [3.05, 3.63) is 16.6 Å². The van der Waals surface area contributed by atoms with Crippen LogP contribution in [0.25, 0.3) is 10.9 Å². The molecule has 5 heteroatoms. The number of aromatic nitrogens is 2. The molecule has 1 aromatic carbocycles. The number of benzene rings is 1. The van der Waals surface area contributed by atoms with Gasteiger partial charge < -0.3 is 10.5 Å². The van der Waals surface area contributed by atoms with Crippen molar-refractivity contribution in [2.75, 3.05) is 5.73 Å². The molecule has 0 radical (unpaired) electrons. The maximum absolute atomic E-state index is 6.04. The zero-order valence-corrected chi connectivity index (χ0v) is 11.0. The van der Waals surface area contributed by atoms with Gasteiger partial charge in [0.25, 0.3) is 0 Å². The van der Waals surface area contributed by atoms with E-state index in [9.17, 15) is 0 Å². The highest BCUT2D eigenvalue weighted by molar-refractivity contribution is 9.10. The molecule has 1 saturated carbocycles. The van der Waals surface area contributed by atoms with Gasteiger partial charge >= 0.3 is 0 Å². The van der Waals surface area contributed by atoms with Crippen molar-refractivity contribution in [3.8, 4) is 5.75 Å². The highest BCUT2D eigenvalue weighted by Crippen LogP contribution is 2.35. The van der Waals surface area contributed by atoms with Crippen LogP contribution in [0, 0.1) is 0 Å². The molecule has 1 fully saturated rings. The summed E-state index contributed by atoms with van der Waals surface area (Å²) in [5, 5.41) is 7.82. The minimum atomic E-state index is 0.321. The van der Waals surface area contributed by atoms with Crippen molar-refractivity contribution in [1.29, 1.82) is 0 Å². The monoisotopic (exact) mass is 295 g/mol. The molecule has 1 aliphatic carbocycles. The molecular formula is C12H14BrN3O. The van der Waals surface area contributed by atoms with Crippen molar-refractivity contribution in [1.82, 2.24) is 10.2 Å². The third-order valence-electron chi connectivity index (χ3n) is 3.22. The van der Waals surface area contributed by atoms with Crippen LogP contribution in [0.3, 0.4) is 0 Å². The predicted molar refractivity (Wildman–Crippen MR) is 71.1 cm³/mol. The fourth-order valence-corrected chi connectivity index (χ4v) is 2.83. The lowest BCUT2D eigenvalue weighted by Crippen LogP contribution is -2.11. The Bertz CT molecular complexity index is 546. The highest BCUT2D eigenvalue weighted by Gasteiger charge is 2.19. The number of nitrogens with one attached hydrogen (secondary N) is 1. The van der Waals surface area contributed by atoms with Gasteiger partial charge in [0, 0.05) is 4.47 Å². The summed E-state index contributed by atoms with van der Waals surface area (Å²) < 4.78 is 7.01. The fourth-order valence-electron chi connectivity index (χ4n) is 2.39. The number of nitrogens with zero attached hydrogens (tertiary/aromatic N) is 1. The molecule has 3 N–H and O–H groups in total. The van der Waals surface area contributed by atoms with E-state index >= 15 is 0 Å². The largest absolute Gasteiger partial charge is 0.490 e. The lowest BCUT2D eigenvalue weighted by atomic mass is 10.2. The maximum Gasteiger partial charge on any atom is 0.156 e. The number of hydrogen-bond acceptors (Lipinski definition) is 3. The number of ether oxygens (including phenoxy) is 1. The quantitative estimate of drug-likeness (QED) is 0.894. The molecule has 17 heavy (non-hydrogen) atoms. The molecule has 90 valence electrons. The van der Waals surface area contributed by atoms with Gasteiger partial charge in [-0.2, -0.15) is 5.10 Å². The summed E-state index contributed by atoms with van der Waals surface area (Å²) in [6, 6.07) is 3.92. The number of hydrogen-bond donors (Lipinski definition) is 2. The first-order valence-electron chi connectivity index (χ1n) is 5.84. The van der Waals surface area contributed by atoms with Crippen molar-refractivity contribution < 1.29 is 4.74 Å². The summed E-state index contributed by atoms with van der Waals surface area (Å²) in [4.78, 5) is 0. The number of nitrogens with two attached hydrogens (primary N) is 1. The summed E-state index contributed by atoms with van der Waals surface area (Å²) in [5.41, 5.74) is 6.77. The van der Waals surface area contributed by atoms with E-state index in [4.69, 9.17) is 10.5 Å². The number of nitrogen functional groups attached to an aromatic ring is 1. The van der Waals surface area contributed by atoms with Crippen LogP contribution in [0.15, 0.2) is 16.6 Å². The van der Waals surface area contributed by atoms with E-state index in [2.05, 4.69) is 26.1 Å². The molecule has 0 bridgehead atoms. The number of aromatic amines is 1. The molecule has 3 rings (SSSR count). The van der Waals surface area contributed by atoms with Crippen LogP contribution in [0.1, 0.15) is 25.7 Å². The molecule has 0 aliphatic heterocycles. The van der Waals surface area contributed by atoms with Crippen LogP contribution in [-0.2, 0) is 0 Å². The van der Waals surface area contributed by atoms with Gasteiger partial charge in [0.15, 0.2) is 5.82 Å². The molecule has 4 nitrogen and oxygen atoms in total. The number of H-pyrrole nitrogens is 1. The molecular weight excluding hydrogens is 282 g/mol. The van der Waals surface area contributed by atoms with Crippen molar-refractivity contribution in [2.24, 2.45) is 0 Å². The average Bonchev–Trinajstić information content (AvgIpc) is 2.89. The van der Waals surface area contributed by atoms with E-state index < -0.39 is 0 Å². The summed E-state index contributed by atoms with van der Waals surface area (Å²) in [6.45, 7) is 0. The van der Waals surface area contributed by atoms with E-state index in [0.29, 0.717) is 11.9 Å². The molecule has 0 atom stereocenters. The van der Waals surface area contributed by atoms with Gasteiger partial charge in [-0.15, -0.1) is 0 Å². The first-order valence-corrected chi connectivity index (χ1v) is 6.63. The van der Waals surface area contributed by atoms with Gasteiger partial charge in [0.2, 0.25) is 0 Å². The molecule has 0 saturated heterocycles. The SMILES string of the molecule is Nc1n[nH]c2cc(Br)cc(OC3CCCC3)c12. The van der Waals surface area contributed by atoms with Crippen LogP contribution in [0.2, 0.25) is 0 Å². The van der Waals surface area contributed by atoms with Crippen LogP contribution in [-0.4, -0.2) is 16.3 Å². The summed E-state index contributed by atoms with van der Waals surface area (Å²) in [5.74, 6) is 1.33. The minimum Gasteiger partial charge on any atom is -0.490 e. The average molecular weight is 296 g/mol. The van der Waals surface area contributed by atoms with E-state index in [0.717, 1.165) is 34.0 Å². The van der Waals surface area contributed by atoms with Crippen molar-refractivity contribution in [2.45, 2.75) is 31.8 Å². The standard InChI is InChI=1S/C12H14BrN3O/c13-7-5-9-11(12(14)16-15-9)10(6-7)17-8-3-1-2-4-8/h5-6,8H,1-4H2,(H3,14,15,16). The molecule has 1 aliphatic rings. The number of halogens is 1. The van der Waals surface area contributed by atoms with Gasteiger partial charge in [0.05, 0.1) is 17.0 Å². The van der Waals surface area contributed by atoms with Crippen LogP contribution >= 0.6 is 15.9 Å². The first kappa shape index (κ1) is 10.9. The van der Waals surface area contributed by atoms with E-state index in [1.165, 1.54) is 12.8 Å². The van der Waals surface area contributed by atoms with Crippen molar-refractivity contribution >= 4 is 32.7 Å². The number of anilines is 1. The van der Waals surface area contributed by atoms with Gasteiger partial charge in [0.1, 0.15) is 5.75 Å². The molecule has 1 heterocycles. The van der Waals surface area contributed by atoms with Crippen LogP contribution in [0.4, 0.5) is 5.82 Å². The zero-order chi connectivity index (χ0) is 11.8. The first-order chi connectivity index (χ1) is 8.24. The van der Waals surface area contributed by atoms with Gasteiger partial charge in [-0.05, 0) is 37.8 Å². The normalized spacial score (nSPS) is 16.8. The fraction of sp³-hybridized carbons (Fsp3) is 0.417. The third kappa shape index (κ3) is 1.99. The second-order valence-electron chi connectivity index (χ2n) is 4.46. The summed E-state index contributed by atoms with van der Waals surface area (Å²) in [6.07, 6.45) is 5.09. The molecule has 0 unspecified atom stereocenters. The predicted octanol–water partition coefficient (Wildman–Crippen LogP) is 3.23. The molecule has 0 spiro atoms. The third-order valence-corrected chi connectivity index (χ3v) is 3.67. The van der Waals surface area contributed by atoms with Gasteiger partial charge in [-0.3, -0.25) is 5.10 Å². The van der Waals surface area contributed by atoms with Crippen LogP contribution < -0.4 is 10.5 Å². The topological polar surface area (TPSA) is 63.9 Å². The van der Waals surface area contributed by atoms with E-state index in [1.54, 1.807) is 0 Å². The highest BCUT2D eigenvalue weighted by atomic mass is 79.9. The van der Waals surface area contributed by atoms with E-state index in [-0.39, 0.29) is 0 Å². The van der Waals surface area contributed by atoms with Gasteiger partial charge in [-0.25, -0.2) is 0 Å². The Morgan fingerprint density at radius 1 is 1.35 bits per heavy atom. The zero-order valence-electron chi connectivity index (χ0n) is 9.37. The Hall–Kier alpha value is -1.23. The molecule has 2 aromatic rings. The van der Waals surface area contributed by atoms with Gasteiger partial charge in [-0.1, -0.05) is 15.9 Å². The molecule has 0 amide bonds.